The Balaban J connectivity index is 1.61. The quantitative estimate of drug-likeness (QED) is 0.763. The summed E-state index contributed by atoms with van der Waals surface area (Å²) < 4.78 is 1.78. The molecule has 1 aromatic carbocycles. The number of nitrogens with zero attached hydrogens (tertiary/aromatic N) is 3. The highest BCUT2D eigenvalue weighted by atomic mass is 35.5. The average Bonchev–Trinajstić information content (AvgIpc) is 2.97. The molecule has 2 heterocycles. The molecule has 0 radical (unpaired) electrons. The van der Waals surface area contributed by atoms with Crippen molar-refractivity contribution < 1.29 is 4.79 Å². The number of amides is 2. The summed E-state index contributed by atoms with van der Waals surface area (Å²) in [5.41, 5.74) is 3.44. The first-order valence-corrected chi connectivity index (χ1v) is 7.73. The zero-order valence-electron chi connectivity index (χ0n) is 13.0. The molecule has 3 rings (SSSR count). The summed E-state index contributed by atoms with van der Waals surface area (Å²) in [6, 6.07) is 12.4. The lowest BCUT2D eigenvalue weighted by Crippen LogP contribution is -2.28. The molecule has 0 unspecified atom stereocenters. The second-order valence-corrected chi connectivity index (χ2v) is 5.63. The lowest BCUT2D eigenvalue weighted by atomic mass is 10.2. The van der Waals surface area contributed by atoms with E-state index in [1.807, 2.05) is 25.2 Å². The molecule has 2 N–H and O–H groups in total. The van der Waals surface area contributed by atoms with Gasteiger partial charge in [-0.1, -0.05) is 11.6 Å². The molecule has 0 saturated heterocycles. The third-order valence-corrected chi connectivity index (χ3v) is 3.69. The topological polar surface area (TPSA) is 71.8 Å². The zero-order valence-corrected chi connectivity index (χ0v) is 13.8. The number of anilines is 1. The van der Waals surface area contributed by atoms with Crippen LogP contribution in [0.2, 0.25) is 5.02 Å². The maximum Gasteiger partial charge on any atom is 0.319 e. The summed E-state index contributed by atoms with van der Waals surface area (Å²) in [5.74, 6) is 0. The second kappa shape index (κ2) is 7.14. The van der Waals surface area contributed by atoms with Gasteiger partial charge in [0.1, 0.15) is 0 Å². The van der Waals surface area contributed by atoms with Gasteiger partial charge in [-0.25, -0.2) is 4.79 Å². The summed E-state index contributed by atoms with van der Waals surface area (Å²) >= 11 is 5.81. The number of urea groups is 1. The number of aromatic nitrogens is 3. The lowest BCUT2D eigenvalue weighted by Gasteiger charge is -2.06. The maximum absolute atomic E-state index is 11.9. The Morgan fingerprint density at radius 1 is 1.17 bits per heavy atom. The van der Waals surface area contributed by atoms with E-state index in [-0.39, 0.29) is 6.03 Å². The molecule has 0 aliphatic rings. The number of nitrogens with one attached hydrogen (secondary N) is 2. The number of rotatable bonds is 4. The van der Waals surface area contributed by atoms with E-state index in [9.17, 15) is 4.79 Å². The Morgan fingerprint density at radius 3 is 2.58 bits per heavy atom. The molecule has 0 bridgehead atoms. The second-order valence-electron chi connectivity index (χ2n) is 5.19. The molecule has 6 nitrogen and oxygen atoms in total. The maximum atomic E-state index is 11.9. The normalized spacial score (nSPS) is 10.4. The van der Waals surface area contributed by atoms with Gasteiger partial charge < -0.3 is 10.6 Å². The molecule has 2 aromatic heterocycles. The smallest absolute Gasteiger partial charge is 0.319 e. The van der Waals surface area contributed by atoms with E-state index in [0.717, 1.165) is 17.0 Å². The van der Waals surface area contributed by atoms with Crippen molar-refractivity contribution in [3.8, 4) is 11.3 Å². The van der Waals surface area contributed by atoms with E-state index >= 15 is 0 Å². The lowest BCUT2D eigenvalue weighted by molar-refractivity contribution is 0.251. The Hall–Kier alpha value is -2.86. The number of carbonyl (C=O) groups excluding carboxylic acids is 1. The predicted octanol–water partition coefficient (Wildman–Crippen LogP) is 3.46. The molecule has 2 amide bonds. The van der Waals surface area contributed by atoms with Crippen LogP contribution in [0, 0.1) is 0 Å². The van der Waals surface area contributed by atoms with Gasteiger partial charge in [0.25, 0.3) is 0 Å². The van der Waals surface area contributed by atoms with Crippen molar-refractivity contribution in [2.45, 2.75) is 6.54 Å². The highest BCUT2D eigenvalue weighted by Crippen LogP contribution is 2.18. The SMILES string of the molecule is Cn1nc(CNC(=O)Nc2ccc(Cl)cc2)cc1-c1ccncc1. The number of hydrogen-bond acceptors (Lipinski definition) is 3. The predicted molar refractivity (Wildman–Crippen MR) is 93.7 cm³/mol. The fourth-order valence-corrected chi connectivity index (χ4v) is 2.41. The van der Waals surface area contributed by atoms with Crippen LogP contribution in [0.15, 0.2) is 54.9 Å². The van der Waals surface area contributed by atoms with Gasteiger partial charge in [-0.15, -0.1) is 0 Å². The van der Waals surface area contributed by atoms with Crippen LogP contribution in [0.4, 0.5) is 10.5 Å². The first-order chi connectivity index (χ1) is 11.6. The largest absolute Gasteiger partial charge is 0.332 e. The highest BCUT2D eigenvalue weighted by molar-refractivity contribution is 6.30. The van der Waals surface area contributed by atoms with Gasteiger partial charge >= 0.3 is 6.03 Å². The van der Waals surface area contributed by atoms with Gasteiger partial charge in [-0.2, -0.15) is 5.10 Å². The van der Waals surface area contributed by atoms with Gasteiger partial charge in [-0.3, -0.25) is 9.67 Å². The van der Waals surface area contributed by atoms with Gasteiger partial charge in [-0.05, 0) is 42.5 Å². The molecule has 3 aromatic rings. The van der Waals surface area contributed by atoms with E-state index in [1.54, 1.807) is 41.3 Å². The third kappa shape index (κ3) is 3.91. The number of benzene rings is 1. The highest BCUT2D eigenvalue weighted by Gasteiger charge is 2.08. The summed E-state index contributed by atoms with van der Waals surface area (Å²) in [7, 11) is 1.87. The van der Waals surface area contributed by atoms with E-state index in [4.69, 9.17) is 11.6 Å². The molecule has 0 saturated carbocycles. The van der Waals surface area contributed by atoms with E-state index < -0.39 is 0 Å². The number of pyridine rings is 1. The van der Waals surface area contributed by atoms with Crippen LogP contribution >= 0.6 is 11.6 Å². The summed E-state index contributed by atoms with van der Waals surface area (Å²) in [6.45, 7) is 0.332. The van der Waals surface area contributed by atoms with Crippen molar-refractivity contribution in [1.29, 1.82) is 0 Å². The number of carbonyl (C=O) groups is 1. The Bertz CT molecular complexity index is 830. The fourth-order valence-electron chi connectivity index (χ4n) is 2.29. The van der Waals surface area contributed by atoms with Crippen molar-refractivity contribution in [3.05, 3.63) is 65.6 Å². The molecular weight excluding hydrogens is 326 g/mol. The van der Waals surface area contributed by atoms with Crippen LogP contribution in [0.3, 0.4) is 0 Å². The van der Waals surface area contributed by atoms with Crippen molar-refractivity contribution >= 4 is 23.3 Å². The van der Waals surface area contributed by atoms with Gasteiger partial charge in [0.15, 0.2) is 0 Å². The average molecular weight is 342 g/mol. The van der Waals surface area contributed by atoms with Crippen LogP contribution in [0.25, 0.3) is 11.3 Å². The van der Waals surface area contributed by atoms with E-state index in [1.165, 1.54) is 0 Å². The Kier molecular flexibility index (Phi) is 4.77. The first kappa shape index (κ1) is 16.0. The molecule has 0 fully saturated rings. The monoisotopic (exact) mass is 341 g/mol. The number of hydrogen-bond donors (Lipinski definition) is 2. The third-order valence-electron chi connectivity index (χ3n) is 3.44. The number of aryl methyl sites for hydroxylation is 1. The van der Waals surface area contributed by atoms with Crippen molar-refractivity contribution in [2.24, 2.45) is 7.05 Å². The zero-order chi connectivity index (χ0) is 16.9. The molecule has 7 heteroatoms. The van der Waals surface area contributed by atoms with Crippen LogP contribution in [0.5, 0.6) is 0 Å². The minimum Gasteiger partial charge on any atom is -0.332 e. The van der Waals surface area contributed by atoms with Crippen molar-refractivity contribution in [2.75, 3.05) is 5.32 Å². The molecule has 0 spiro atoms. The van der Waals surface area contributed by atoms with Crippen LogP contribution < -0.4 is 10.6 Å². The minimum atomic E-state index is -0.298. The molecule has 24 heavy (non-hydrogen) atoms. The van der Waals surface area contributed by atoms with E-state index in [0.29, 0.717) is 17.3 Å². The van der Waals surface area contributed by atoms with Crippen LogP contribution in [-0.4, -0.2) is 20.8 Å². The summed E-state index contributed by atoms with van der Waals surface area (Å²) in [6.07, 6.45) is 3.47. The molecule has 0 atom stereocenters. The standard InChI is InChI=1S/C17H16ClN5O/c1-23-16(12-6-8-19-9-7-12)10-15(22-23)11-20-17(24)21-14-4-2-13(18)3-5-14/h2-10H,11H2,1H3,(H2,20,21,24). The first-order valence-electron chi connectivity index (χ1n) is 7.35. The Morgan fingerprint density at radius 2 is 1.88 bits per heavy atom. The van der Waals surface area contributed by atoms with Crippen LogP contribution in [0.1, 0.15) is 5.69 Å². The van der Waals surface area contributed by atoms with Gasteiger partial charge in [0, 0.05) is 35.7 Å². The Labute approximate surface area is 144 Å². The minimum absolute atomic E-state index is 0.298. The molecule has 122 valence electrons. The van der Waals surface area contributed by atoms with E-state index in [2.05, 4.69) is 20.7 Å². The van der Waals surface area contributed by atoms with Crippen LogP contribution in [-0.2, 0) is 13.6 Å². The summed E-state index contributed by atoms with van der Waals surface area (Å²) in [4.78, 5) is 15.9. The summed E-state index contributed by atoms with van der Waals surface area (Å²) in [5, 5.41) is 10.6. The number of halogens is 1. The molecular formula is C17H16ClN5O. The van der Waals surface area contributed by atoms with Crippen molar-refractivity contribution in [3.63, 3.8) is 0 Å². The van der Waals surface area contributed by atoms with Gasteiger partial charge in [0.2, 0.25) is 0 Å². The molecule has 0 aliphatic carbocycles. The molecule has 0 aliphatic heterocycles. The fraction of sp³-hybridized carbons (Fsp3) is 0.118. The van der Waals surface area contributed by atoms with Gasteiger partial charge in [0.05, 0.1) is 17.9 Å². The van der Waals surface area contributed by atoms with Crippen molar-refractivity contribution in [1.82, 2.24) is 20.1 Å².